The fourth-order valence-corrected chi connectivity index (χ4v) is 9.75. The van der Waals surface area contributed by atoms with Gasteiger partial charge in [-0.15, -0.1) is 0 Å². The van der Waals surface area contributed by atoms with Gasteiger partial charge in [0.25, 0.3) is 0 Å². The Morgan fingerprint density at radius 1 is 0.324 bits per heavy atom. The zero-order valence-corrected chi connectivity index (χ0v) is 47.5. The van der Waals surface area contributed by atoms with Gasteiger partial charge in [-0.1, -0.05) is 298 Å². The summed E-state index contributed by atoms with van der Waals surface area (Å²) in [5.41, 5.74) is 2.89. The molecule has 0 fully saturated rings. The summed E-state index contributed by atoms with van der Waals surface area (Å²) in [6, 6.07) is 22.0. The van der Waals surface area contributed by atoms with Crippen LogP contribution in [0, 0.1) is 0 Å². The van der Waals surface area contributed by atoms with Crippen molar-refractivity contribution in [2.75, 3.05) is 0 Å². The van der Waals surface area contributed by atoms with Crippen molar-refractivity contribution in [3.05, 3.63) is 89.5 Å². The van der Waals surface area contributed by atoms with Crippen molar-refractivity contribution in [3.63, 3.8) is 0 Å². The SMILES string of the molecule is CC(C)O.CCCCCCCCCCCCc1ccccc1[S-](=O)=O.CCCCCCCCCCCCc1ccccc1[S-](=O)=O.CCCCCCCCCCCCc1ccccc1[S-](=O)=O.[Ti+3]. The van der Waals surface area contributed by atoms with Crippen molar-refractivity contribution < 1.29 is 52.1 Å². The van der Waals surface area contributed by atoms with Gasteiger partial charge < -0.3 is 30.4 Å². The molecule has 7 nitrogen and oxygen atoms in total. The Labute approximate surface area is 438 Å². The van der Waals surface area contributed by atoms with Crippen molar-refractivity contribution in [2.24, 2.45) is 0 Å². The van der Waals surface area contributed by atoms with Gasteiger partial charge in [-0.3, -0.25) is 0 Å². The normalized spacial score (nSPS) is 10.9. The monoisotopic (exact) mass is 1040 g/mol. The summed E-state index contributed by atoms with van der Waals surface area (Å²) < 4.78 is 66.6. The summed E-state index contributed by atoms with van der Waals surface area (Å²) in [7, 11) is -6.32. The molecule has 3 rings (SSSR count). The van der Waals surface area contributed by atoms with Crippen LogP contribution in [-0.2, 0) is 98.3 Å². The topological polar surface area (TPSA) is 123 Å². The molecule has 387 valence electrons. The van der Waals surface area contributed by atoms with Gasteiger partial charge in [0.15, 0.2) is 0 Å². The average Bonchev–Trinajstić information content (AvgIpc) is 3.31. The van der Waals surface area contributed by atoms with Gasteiger partial charge in [-0.05, 0) is 84.5 Å². The van der Waals surface area contributed by atoms with E-state index in [1.165, 1.54) is 173 Å². The van der Waals surface area contributed by atoms with Crippen molar-refractivity contribution >= 4 is 32.1 Å². The fourth-order valence-electron chi connectivity index (χ4n) is 8.03. The second-order valence-corrected chi connectivity index (χ2v) is 21.1. The van der Waals surface area contributed by atoms with Gasteiger partial charge >= 0.3 is 21.7 Å². The number of hydrogen-bond acceptors (Lipinski definition) is 10. The number of benzene rings is 3. The maximum atomic E-state index is 11.1. The Balaban J connectivity index is 0. The van der Waals surface area contributed by atoms with Crippen LogP contribution >= 0.6 is 0 Å². The second-order valence-electron chi connectivity index (χ2n) is 18.4. The first-order valence-electron chi connectivity index (χ1n) is 26.7. The Morgan fingerprint density at radius 2 is 0.485 bits per heavy atom. The van der Waals surface area contributed by atoms with Crippen LogP contribution in [0.25, 0.3) is 0 Å². The zero-order valence-electron chi connectivity index (χ0n) is 43.5. The van der Waals surface area contributed by atoms with E-state index < -0.39 is 32.1 Å². The smallest absolute Gasteiger partial charge is 0.420 e. The molecule has 0 aromatic heterocycles. The molecule has 11 heteroatoms. The Kier molecular flexibility index (Phi) is 50.3. The molecule has 0 unspecified atom stereocenters. The van der Waals surface area contributed by atoms with Crippen LogP contribution in [0.1, 0.15) is 244 Å². The average molecular weight is 1040 g/mol. The minimum Gasteiger partial charge on any atom is -0.420 e. The first kappa shape index (κ1) is 68.3. The van der Waals surface area contributed by atoms with Crippen LogP contribution in [0.5, 0.6) is 0 Å². The molecule has 0 spiro atoms. The summed E-state index contributed by atoms with van der Waals surface area (Å²) in [6.07, 6.45) is 41.7. The number of unbranched alkanes of at least 4 members (excludes halogenated alkanes) is 27. The zero-order chi connectivity index (χ0) is 49.6. The summed E-state index contributed by atoms with van der Waals surface area (Å²) in [5.74, 6) is 0. The molecule has 0 saturated carbocycles. The van der Waals surface area contributed by atoms with Crippen LogP contribution < -0.4 is 0 Å². The maximum Gasteiger partial charge on any atom is 3.00 e. The molecule has 3 aromatic rings. The Bertz CT molecular complexity index is 1590. The third-order valence-corrected chi connectivity index (χ3v) is 14.1. The standard InChI is InChI=1S/3C18H29O2S.C3H8O.Ti/c3*1-2-3-4-5-6-7-8-9-10-11-14-17-15-12-13-16-18(17)21(19)20;1-3(2)4;/h3*12-13,15-16H,2-11,14H2,1H3;3-4H,1-2H3;/q3*-1;;+3. The van der Waals surface area contributed by atoms with E-state index in [4.69, 9.17) is 5.11 Å². The first-order valence-corrected chi connectivity index (χ1v) is 29.9. The molecule has 0 amide bonds. The molecule has 0 aliphatic heterocycles. The summed E-state index contributed by atoms with van der Waals surface area (Å²) >= 11 is 0. The van der Waals surface area contributed by atoms with E-state index in [2.05, 4.69) is 20.8 Å². The molecule has 1 radical (unpaired) electrons. The number of aliphatic hydroxyl groups is 1. The minimum atomic E-state index is -2.11. The van der Waals surface area contributed by atoms with Gasteiger partial charge in [-0.25, -0.2) is 0 Å². The van der Waals surface area contributed by atoms with E-state index in [1.54, 1.807) is 50.2 Å². The summed E-state index contributed by atoms with van der Waals surface area (Å²) in [6.45, 7) is 10.2. The van der Waals surface area contributed by atoms with Crippen molar-refractivity contribution in [1.82, 2.24) is 0 Å². The van der Waals surface area contributed by atoms with E-state index in [0.717, 1.165) is 55.2 Å². The number of hydrogen-bond donors (Lipinski definition) is 1. The van der Waals surface area contributed by atoms with Crippen LogP contribution in [0.4, 0.5) is 0 Å². The van der Waals surface area contributed by atoms with E-state index in [0.29, 0.717) is 14.7 Å². The number of rotatable bonds is 36. The minimum absolute atomic E-state index is 0. The first-order chi connectivity index (χ1) is 32.5. The van der Waals surface area contributed by atoms with Gasteiger partial charge in [-0.2, -0.15) is 0 Å². The predicted octanol–water partition coefficient (Wildman–Crippen LogP) is 17.8. The van der Waals surface area contributed by atoms with Crippen molar-refractivity contribution in [1.29, 1.82) is 0 Å². The molecule has 0 atom stereocenters. The van der Waals surface area contributed by atoms with Crippen LogP contribution in [0.15, 0.2) is 87.5 Å². The molecule has 3 aromatic carbocycles. The van der Waals surface area contributed by atoms with Crippen LogP contribution in [-0.4, -0.2) is 11.2 Å². The summed E-state index contributed by atoms with van der Waals surface area (Å²) in [5, 5.41) is 8.06. The van der Waals surface area contributed by atoms with E-state index >= 15 is 0 Å². The summed E-state index contributed by atoms with van der Waals surface area (Å²) in [4.78, 5) is 1.40. The number of aryl methyl sites for hydroxylation is 3. The van der Waals surface area contributed by atoms with Gasteiger partial charge in [0.1, 0.15) is 0 Å². The third-order valence-electron chi connectivity index (χ3n) is 11.9. The molecular weight excluding hydrogens is 941 g/mol. The van der Waals surface area contributed by atoms with E-state index in [-0.39, 0.29) is 27.8 Å². The molecule has 0 heterocycles. The van der Waals surface area contributed by atoms with Gasteiger partial charge in [0.05, 0.1) is 0 Å². The van der Waals surface area contributed by atoms with Crippen LogP contribution in [0.2, 0.25) is 0 Å². The molecular formula is C57H95O7S3Ti. The molecule has 0 bridgehead atoms. The number of aliphatic hydroxyl groups excluding tert-OH is 1. The van der Waals surface area contributed by atoms with E-state index in [9.17, 15) is 25.3 Å². The largest absolute Gasteiger partial charge is 3.00 e. The molecule has 68 heavy (non-hydrogen) atoms. The van der Waals surface area contributed by atoms with Crippen LogP contribution in [0.3, 0.4) is 0 Å². The Morgan fingerprint density at radius 3 is 0.662 bits per heavy atom. The molecule has 0 aliphatic rings. The molecule has 0 aliphatic carbocycles. The fraction of sp³-hybridized carbons (Fsp3) is 0.684. The maximum absolute atomic E-state index is 11.1. The predicted molar refractivity (Wildman–Crippen MR) is 284 cm³/mol. The van der Waals surface area contributed by atoms with Gasteiger partial charge in [0.2, 0.25) is 0 Å². The van der Waals surface area contributed by atoms with E-state index in [1.807, 2.05) is 36.4 Å². The second kappa shape index (κ2) is 50.1. The Hall–Kier alpha value is -1.82. The van der Waals surface area contributed by atoms with Crippen molar-refractivity contribution in [3.8, 4) is 0 Å². The molecule has 0 saturated heterocycles. The third kappa shape index (κ3) is 40.9. The van der Waals surface area contributed by atoms with Crippen molar-refractivity contribution in [2.45, 2.75) is 267 Å². The quantitative estimate of drug-likeness (QED) is 0.0349. The molecule has 1 N–H and O–H groups in total. The van der Waals surface area contributed by atoms with Gasteiger partial charge in [0, 0.05) is 6.10 Å².